The molecule has 80 valence electrons. The van der Waals surface area contributed by atoms with Gasteiger partial charge in [0.05, 0.1) is 5.56 Å². The molecule has 4 heteroatoms. The second-order valence-corrected chi connectivity index (χ2v) is 2.89. The van der Waals surface area contributed by atoms with E-state index in [9.17, 15) is 13.2 Å². The average molecular weight is 225 g/mol. The Morgan fingerprint density at radius 1 is 1.14 bits per heavy atom. The Bertz CT molecular complexity index is 292. The minimum absolute atomic E-state index is 0.105. The smallest absolute Gasteiger partial charge is 0.166 e. The zero-order valence-corrected chi connectivity index (χ0v) is 9.00. The van der Waals surface area contributed by atoms with E-state index in [1.165, 1.54) is 19.1 Å². The number of alkyl halides is 3. The lowest BCUT2D eigenvalue weighted by molar-refractivity contribution is -0.138. The van der Waals surface area contributed by atoms with Gasteiger partial charge in [0, 0.05) is 5.02 Å². The molecule has 0 saturated heterocycles. The number of halogens is 4. The summed E-state index contributed by atoms with van der Waals surface area (Å²) in [5.41, 5.74) is -0.484. The van der Waals surface area contributed by atoms with E-state index < -0.39 is 11.7 Å². The van der Waals surface area contributed by atoms with Gasteiger partial charge in [0.25, 0.3) is 0 Å². The molecule has 0 aliphatic carbocycles. The zero-order chi connectivity index (χ0) is 11.4. The van der Waals surface area contributed by atoms with Crippen LogP contribution in [0.3, 0.4) is 0 Å². The monoisotopic (exact) mass is 224 g/mol. The van der Waals surface area contributed by atoms with Crippen LogP contribution >= 0.6 is 11.6 Å². The topological polar surface area (TPSA) is 0 Å². The molecule has 0 spiro atoms. The number of hydrogen-bond acceptors (Lipinski definition) is 0. The lowest BCUT2D eigenvalue weighted by atomic mass is 10.1. The average Bonchev–Trinajstić information content (AvgIpc) is 2.11. The van der Waals surface area contributed by atoms with Crippen LogP contribution in [-0.2, 0) is 6.18 Å². The Labute approximate surface area is 86.7 Å². The predicted molar refractivity (Wildman–Crippen MR) is 52.5 cm³/mol. The van der Waals surface area contributed by atoms with Crippen molar-refractivity contribution in [1.82, 2.24) is 0 Å². The molecule has 0 amide bonds. The largest absolute Gasteiger partial charge is 0.416 e. The van der Waals surface area contributed by atoms with E-state index in [0.717, 1.165) is 6.07 Å². The SMILES string of the molecule is CC.Cc1ccc(Cl)cc1C(F)(F)F. The van der Waals surface area contributed by atoms with Gasteiger partial charge in [0.2, 0.25) is 0 Å². The summed E-state index contributed by atoms with van der Waals surface area (Å²) in [6.07, 6.45) is -4.31. The first-order valence-electron chi connectivity index (χ1n) is 4.24. The molecule has 0 heterocycles. The third-order valence-corrected chi connectivity index (χ3v) is 1.74. The fourth-order valence-corrected chi connectivity index (χ4v) is 1.07. The summed E-state index contributed by atoms with van der Waals surface area (Å²) in [7, 11) is 0. The van der Waals surface area contributed by atoms with E-state index in [1.54, 1.807) is 0 Å². The Kier molecular flexibility index (Phi) is 4.99. The third-order valence-electron chi connectivity index (χ3n) is 1.51. The van der Waals surface area contributed by atoms with E-state index >= 15 is 0 Å². The molecule has 0 N–H and O–H groups in total. The molecule has 0 aliphatic heterocycles. The molecule has 0 nitrogen and oxygen atoms in total. The Balaban J connectivity index is 0.000000791. The molecule has 0 atom stereocenters. The minimum Gasteiger partial charge on any atom is -0.166 e. The summed E-state index contributed by atoms with van der Waals surface area (Å²) in [5.74, 6) is 0. The fraction of sp³-hybridized carbons (Fsp3) is 0.400. The molecule has 14 heavy (non-hydrogen) atoms. The number of benzene rings is 1. The van der Waals surface area contributed by atoms with E-state index in [1.807, 2.05) is 13.8 Å². The highest BCUT2D eigenvalue weighted by molar-refractivity contribution is 6.30. The highest BCUT2D eigenvalue weighted by Crippen LogP contribution is 2.33. The maximum Gasteiger partial charge on any atom is 0.416 e. The molecule has 0 unspecified atom stereocenters. The first-order chi connectivity index (χ1) is 6.41. The molecule has 0 bridgehead atoms. The van der Waals surface area contributed by atoms with Crippen LogP contribution in [0.25, 0.3) is 0 Å². The van der Waals surface area contributed by atoms with E-state index in [0.29, 0.717) is 0 Å². The van der Waals surface area contributed by atoms with Crippen molar-refractivity contribution in [3.8, 4) is 0 Å². The van der Waals surface area contributed by atoms with Crippen molar-refractivity contribution in [2.75, 3.05) is 0 Å². The van der Waals surface area contributed by atoms with Gasteiger partial charge < -0.3 is 0 Å². The summed E-state index contributed by atoms with van der Waals surface area (Å²) in [5, 5.41) is 0.105. The molecule has 0 aromatic heterocycles. The lowest BCUT2D eigenvalue weighted by Crippen LogP contribution is -2.06. The molecule has 0 saturated carbocycles. The highest BCUT2D eigenvalue weighted by atomic mass is 35.5. The van der Waals surface area contributed by atoms with Gasteiger partial charge in [-0.05, 0) is 24.6 Å². The molecular formula is C10H12ClF3. The molecular weight excluding hydrogens is 213 g/mol. The number of aryl methyl sites for hydroxylation is 1. The summed E-state index contributed by atoms with van der Waals surface area (Å²) in [6, 6.07) is 3.72. The third kappa shape index (κ3) is 3.58. The van der Waals surface area contributed by atoms with Gasteiger partial charge in [-0.3, -0.25) is 0 Å². The number of rotatable bonds is 0. The summed E-state index contributed by atoms with van der Waals surface area (Å²) >= 11 is 5.42. The van der Waals surface area contributed by atoms with E-state index in [-0.39, 0.29) is 10.6 Å². The summed E-state index contributed by atoms with van der Waals surface area (Å²) in [4.78, 5) is 0. The zero-order valence-electron chi connectivity index (χ0n) is 8.24. The molecule has 1 aromatic carbocycles. The van der Waals surface area contributed by atoms with Crippen LogP contribution < -0.4 is 0 Å². The predicted octanol–water partition coefficient (Wildman–Crippen LogP) is 4.69. The quantitative estimate of drug-likeness (QED) is 0.600. The number of hydrogen-bond donors (Lipinski definition) is 0. The first kappa shape index (κ1) is 13.3. The molecule has 0 aliphatic rings. The molecule has 1 rings (SSSR count). The van der Waals surface area contributed by atoms with Crippen LogP contribution in [0.15, 0.2) is 18.2 Å². The van der Waals surface area contributed by atoms with E-state index in [4.69, 9.17) is 11.6 Å². The van der Waals surface area contributed by atoms with Crippen molar-refractivity contribution in [2.45, 2.75) is 26.9 Å². The van der Waals surface area contributed by atoms with Gasteiger partial charge in [-0.25, -0.2) is 0 Å². The Morgan fingerprint density at radius 2 is 1.64 bits per heavy atom. The van der Waals surface area contributed by atoms with Gasteiger partial charge >= 0.3 is 6.18 Å². The van der Waals surface area contributed by atoms with Crippen LogP contribution in [-0.4, -0.2) is 0 Å². The van der Waals surface area contributed by atoms with Crippen LogP contribution in [0.2, 0.25) is 5.02 Å². The van der Waals surface area contributed by atoms with Gasteiger partial charge in [-0.15, -0.1) is 0 Å². The van der Waals surface area contributed by atoms with Crippen molar-refractivity contribution >= 4 is 11.6 Å². The second-order valence-electron chi connectivity index (χ2n) is 2.46. The van der Waals surface area contributed by atoms with Gasteiger partial charge in [-0.1, -0.05) is 31.5 Å². The van der Waals surface area contributed by atoms with Crippen LogP contribution in [0, 0.1) is 6.92 Å². The Morgan fingerprint density at radius 3 is 2.00 bits per heavy atom. The van der Waals surface area contributed by atoms with Crippen molar-refractivity contribution in [1.29, 1.82) is 0 Å². The second kappa shape index (κ2) is 5.25. The fourth-order valence-electron chi connectivity index (χ4n) is 0.900. The van der Waals surface area contributed by atoms with Crippen LogP contribution in [0.5, 0.6) is 0 Å². The molecule has 1 aromatic rings. The summed E-state index contributed by atoms with van der Waals surface area (Å²) < 4.78 is 36.5. The van der Waals surface area contributed by atoms with Crippen LogP contribution in [0.1, 0.15) is 25.0 Å². The molecule has 0 fully saturated rings. The van der Waals surface area contributed by atoms with Crippen molar-refractivity contribution in [3.63, 3.8) is 0 Å². The Hall–Kier alpha value is -0.700. The van der Waals surface area contributed by atoms with Crippen molar-refractivity contribution in [2.24, 2.45) is 0 Å². The van der Waals surface area contributed by atoms with Crippen molar-refractivity contribution < 1.29 is 13.2 Å². The van der Waals surface area contributed by atoms with Gasteiger partial charge in [0.15, 0.2) is 0 Å². The maximum atomic E-state index is 12.2. The normalized spacial score (nSPS) is 10.5. The van der Waals surface area contributed by atoms with E-state index in [2.05, 4.69) is 0 Å². The van der Waals surface area contributed by atoms with Crippen molar-refractivity contribution in [3.05, 3.63) is 34.3 Å². The lowest BCUT2D eigenvalue weighted by Gasteiger charge is -2.09. The molecule has 0 radical (unpaired) electrons. The maximum absolute atomic E-state index is 12.2. The summed E-state index contributed by atoms with van der Waals surface area (Å²) in [6.45, 7) is 5.40. The van der Waals surface area contributed by atoms with Gasteiger partial charge in [0.1, 0.15) is 0 Å². The minimum atomic E-state index is -4.31. The highest BCUT2D eigenvalue weighted by Gasteiger charge is 2.32. The van der Waals surface area contributed by atoms with Crippen LogP contribution in [0.4, 0.5) is 13.2 Å². The first-order valence-corrected chi connectivity index (χ1v) is 4.62. The van der Waals surface area contributed by atoms with Gasteiger partial charge in [-0.2, -0.15) is 13.2 Å². The standard InChI is InChI=1S/C8H6ClF3.C2H6/c1-5-2-3-6(9)4-7(5)8(10,11)12;1-2/h2-4H,1H3;1-2H3.